The summed E-state index contributed by atoms with van der Waals surface area (Å²) in [6, 6.07) is 14.4. The van der Waals surface area contributed by atoms with Crippen LogP contribution in [0.4, 0.5) is 11.4 Å². The van der Waals surface area contributed by atoms with Crippen LogP contribution < -0.4 is 10.1 Å². The number of hydrogen-bond donors (Lipinski definition) is 5. The Morgan fingerprint density at radius 1 is 1.00 bits per heavy atom. The van der Waals surface area contributed by atoms with Gasteiger partial charge in [0.1, 0.15) is 30.1 Å². The number of aliphatic hydroxyl groups is 3. The van der Waals surface area contributed by atoms with Crippen molar-refractivity contribution in [1.29, 1.82) is 0 Å². The molecule has 12 nitrogen and oxygen atoms in total. The SMILES string of the molecule is CC(=O)N[C@H]1[C@H](Oc2ccc(N=Nc3ccc(S(=O)(=O)O)cc3)c3ccccc23)O[C@H](CO)[C@@H](O)[C@@H]1O. The van der Waals surface area contributed by atoms with Crippen LogP contribution in [0.2, 0.25) is 0 Å². The molecule has 1 fully saturated rings. The van der Waals surface area contributed by atoms with Crippen LogP contribution >= 0.6 is 0 Å². The Hall–Kier alpha value is -3.46. The zero-order chi connectivity index (χ0) is 26.7. The van der Waals surface area contributed by atoms with E-state index >= 15 is 0 Å². The molecule has 1 heterocycles. The summed E-state index contributed by atoms with van der Waals surface area (Å²) in [7, 11) is -4.32. The summed E-state index contributed by atoms with van der Waals surface area (Å²) in [6.45, 7) is 0.677. The van der Waals surface area contributed by atoms with Gasteiger partial charge in [-0.2, -0.15) is 13.5 Å². The smallest absolute Gasteiger partial charge is 0.294 e. The highest BCUT2D eigenvalue weighted by Gasteiger charge is 2.46. The third kappa shape index (κ3) is 5.93. The molecule has 1 aliphatic rings. The van der Waals surface area contributed by atoms with Crippen molar-refractivity contribution < 1.29 is 42.6 Å². The minimum Gasteiger partial charge on any atom is -0.462 e. The first-order valence-corrected chi connectivity index (χ1v) is 12.6. The quantitative estimate of drug-likeness (QED) is 0.224. The van der Waals surface area contributed by atoms with Gasteiger partial charge < -0.3 is 30.1 Å². The first-order valence-electron chi connectivity index (χ1n) is 11.2. The lowest BCUT2D eigenvalue weighted by Crippen LogP contribution is -2.65. The number of fused-ring (bicyclic) bond motifs is 1. The average Bonchev–Trinajstić information content (AvgIpc) is 2.87. The Kier molecular flexibility index (Phi) is 7.82. The Labute approximate surface area is 211 Å². The van der Waals surface area contributed by atoms with Crippen LogP contribution in [0.1, 0.15) is 6.92 Å². The molecule has 1 aliphatic heterocycles. The van der Waals surface area contributed by atoms with Gasteiger partial charge in [0, 0.05) is 17.7 Å². The van der Waals surface area contributed by atoms with E-state index in [0.717, 1.165) is 0 Å². The molecule has 0 unspecified atom stereocenters. The van der Waals surface area contributed by atoms with Crippen LogP contribution in [0.15, 0.2) is 75.8 Å². The Balaban J connectivity index is 1.64. The summed E-state index contributed by atoms with van der Waals surface area (Å²) >= 11 is 0. The minimum absolute atomic E-state index is 0.262. The second-order valence-corrected chi connectivity index (χ2v) is 9.77. The number of nitrogens with one attached hydrogen (secondary N) is 1. The number of aliphatic hydroxyl groups excluding tert-OH is 3. The van der Waals surface area contributed by atoms with Crippen LogP contribution in [0, 0.1) is 0 Å². The van der Waals surface area contributed by atoms with Gasteiger partial charge in [0.2, 0.25) is 12.2 Å². The van der Waals surface area contributed by atoms with Gasteiger partial charge >= 0.3 is 0 Å². The Bertz CT molecular complexity index is 1410. The lowest BCUT2D eigenvalue weighted by atomic mass is 9.97. The topological polar surface area (TPSA) is 187 Å². The second-order valence-electron chi connectivity index (χ2n) is 8.35. The Morgan fingerprint density at radius 2 is 1.68 bits per heavy atom. The molecule has 5 N–H and O–H groups in total. The zero-order valence-corrected chi connectivity index (χ0v) is 20.3. The molecule has 1 saturated heterocycles. The number of amides is 1. The summed E-state index contributed by atoms with van der Waals surface area (Å²) in [6.07, 6.45) is -5.24. The predicted molar refractivity (Wildman–Crippen MR) is 130 cm³/mol. The maximum absolute atomic E-state index is 11.7. The number of benzene rings is 3. The number of ether oxygens (including phenoxy) is 2. The standard InChI is InChI=1S/C24H25N3O9S/c1-13(29)25-21-23(31)22(30)20(12-28)36-24(21)35-19-11-10-18(16-4-2-3-5-17(16)19)27-26-14-6-8-15(9-7-14)37(32,33)34/h2-11,20-24,28,30-31H,12H2,1H3,(H,25,29)(H,32,33,34)/t20-,21-,22-,23-,24-/m1/s1. The van der Waals surface area contributed by atoms with E-state index in [4.69, 9.17) is 14.0 Å². The molecule has 196 valence electrons. The van der Waals surface area contributed by atoms with Gasteiger partial charge in [-0.15, -0.1) is 5.11 Å². The fourth-order valence-corrected chi connectivity index (χ4v) is 4.42. The summed E-state index contributed by atoms with van der Waals surface area (Å²) in [4.78, 5) is 11.4. The summed E-state index contributed by atoms with van der Waals surface area (Å²) in [5.41, 5.74) is 0.821. The molecular formula is C24H25N3O9S. The summed E-state index contributed by atoms with van der Waals surface area (Å²) in [5.74, 6) is -0.145. The minimum atomic E-state index is -4.32. The third-order valence-electron chi connectivity index (χ3n) is 5.76. The number of hydrogen-bond acceptors (Lipinski definition) is 10. The van der Waals surface area contributed by atoms with Gasteiger partial charge in [0.25, 0.3) is 10.1 Å². The molecule has 13 heteroatoms. The number of rotatable bonds is 7. The van der Waals surface area contributed by atoms with E-state index in [2.05, 4.69) is 15.5 Å². The van der Waals surface area contributed by atoms with Crippen LogP contribution in [0.25, 0.3) is 10.8 Å². The van der Waals surface area contributed by atoms with Gasteiger partial charge in [-0.1, -0.05) is 24.3 Å². The number of carbonyl (C=O) groups is 1. The molecule has 3 aromatic carbocycles. The summed E-state index contributed by atoms with van der Waals surface area (Å²) in [5, 5.41) is 42.4. The Morgan fingerprint density at radius 3 is 2.30 bits per heavy atom. The van der Waals surface area contributed by atoms with Crippen molar-refractivity contribution in [2.24, 2.45) is 10.2 Å². The van der Waals surface area contributed by atoms with E-state index in [0.29, 0.717) is 27.9 Å². The van der Waals surface area contributed by atoms with Crippen molar-refractivity contribution in [2.45, 2.75) is 42.5 Å². The van der Waals surface area contributed by atoms with E-state index < -0.39 is 53.3 Å². The van der Waals surface area contributed by atoms with E-state index in [1.54, 1.807) is 36.4 Å². The zero-order valence-electron chi connectivity index (χ0n) is 19.5. The van der Waals surface area contributed by atoms with Crippen LogP contribution in [-0.4, -0.2) is 71.4 Å². The predicted octanol–water partition coefficient (Wildman–Crippen LogP) is 1.82. The van der Waals surface area contributed by atoms with E-state index in [1.165, 1.54) is 31.2 Å². The first-order chi connectivity index (χ1) is 17.6. The van der Waals surface area contributed by atoms with Crippen LogP contribution in [0.3, 0.4) is 0 Å². The number of carbonyl (C=O) groups excluding carboxylic acids is 1. The first kappa shape index (κ1) is 26.6. The monoisotopic (exact) mass is 531 g/mol. The highest BCUT2D eigenvalue weighted by atomic mass is 32.2. The molecule has 0 aromatic heterocycles. The summed E-state index contributed by atoms with van der Waals surface area (Å²) < 4.78 is 43.2. The molecule has 4 rings (SSSR count). The highest BCUT2D eigenvalue weighted by Crippen LogP contribution is 2.36. The molecule has 0 saturated carbocycles. The van der Waals surface area contributed by atoms with E-state index in [-0.39, 0.29) is 4.90 Å². The molecule has 5 atom stereocenters. The van der Waals surface area contributed by atoms with Gasteiger partial charge in [0.15, 0.2) is 0 Å². The molecule has 0 radical (unpaired) electrons. The molecule has 0 spiro atoms. The number of nitrogens with zero attached hydrogens (tertiary/aromatic N) is 2. The van der Waals surface area contributed by atoms with Crippen molar-refractivity contribution in [2.75, 3.05) is 6.61 Å². The van der Waals surface area contributed by atoms with Crippen LogP contribution in [-0.2, 0) is 19.6 Å². The molecule has 3 aromatic rings. The van der Waals surface area contributed by atoms with Crippen molar-refractivity contribution >= 4 is 38.2 Å². The average molecular weight is 532 g/mol. The van der Waals surface area contributed by atoms with Crippen molar-refractivity contribution in [3.63, 3.8) is 0 Å². The fraction of sp³-hybridized carbons (Fsp3) is 0.292. The van der Waals surface area contributed by atoms with Crippen LogP contribution in [0.5, 0.6) is 5.75 Å². The maximum atomic E-state index is 11.7. The van der Waals surface area contributed by atoms with Gasteiger partial charge in [-0.05, 0) is 36.4 Å². The van der Waals surface area contributed by atoms with Gasteiger partial charge in [-0.3, -0.25) is 9.35 Å². The van der Waals surface area contributed by atoms with Crippen molar-refractivity contribution in [3.05, 3.63) is 60.7 Å². The third-order valence-corrected chi connectivity index (χ3v) is 6.63. The van der Waals surface area contributed by atoms with Gasteiger partial charge in [-0.25, -0.2) is 0 Å². The van der Waals surface area contributed by atoms with E-state index in [9.17, 15) is 28.5 Å². The molecule has 37 heavy (non-hydrogen) atoms. The second kappa shape index (κ2) is 10.9. The fourth-order valence-electron chi connectivity index (χ4n) is 3.94. The molecule has 1 amide bonds. The number of azo groups is 1. The van der Waals surface area contributed by atoms with E-state index in [1.807, 2.05) is 0 Å². The highest BCUT2D eigenvalue weighted by molar-refractivity contribution is 7.85. The largest absolute Gasteiger partial charge is 0.462 e. The van der Waals surface area contributed by atoms with Gasteiger partial charge in [0.05, 0.1) is 22.9 Å². The lowest BCUT2D eigenvalue weighted by Gasteiger charge is -2.42. The normalized spacial score (nSPS) is 24.3. The molecular weight excluding hydrogens is 506 g/mol. The lowest BCUT2D eigenvalue weighted by molar-refractivity contribution is -0.244. The molecule has 0 bridgehead atoms. The molecule has 0 aliphatic carbocycles. The maximum Gasteiger partial charge on any atom is 0.294 e. The van der Waals surface area contributed by atoms with Crippen molar-refractivity contribution in [1.82, 2.24) is 5.32 Å². The van der Waals surface area contributed by atoms with Crippen molar-refractivity contribution in [3.8, 4) is 5.75 Å².